The predicted molar refractivity (Wildman–Crippen MR) is 85.3 cm³/mol. The van der Waals surface area contributed by atoms with Gasteiger partial charge in [0.25, 0.3) is 0 Å². The molecular weight excluding hydrogens is 242 g/mol. The van der Waals surface area contributed by atoms with Crippen molar-refractivity contribution in [1.29, 1.82) is 0 Å². The van der Waals surface area contributed by atoms with Crippen LogP contribution in [0.3, 0.4) is 0 Å². The number of fused-ring (bicyclic) bond motifs is 1. The summed E-state index contributed by atoms with van der Waals surface area (Å²) < 4.78 is 0. The molecule has 1 aliphatic rings. The molecular formula is C19H23N. The summed E-state index contributed by atoms with van der Waals surface area (Å²) in [4.78, 5) is 2.29. The fraction of sp³-hybridized carbons (Fsp3) is 0.368. The maximum Gasteiger partial charge on any atom is 0.00979 e. The van der Waals surface area contributed by atoms with Gasteiger partial charge in [0, 0.05) is 5.92 Å². The van der Waals surface area contributed by atoms with Gasteiger partial charge in [0.2, 0.25) is 0 Å². The van der Waals surface area contributed by atoms with Crippen LogP contribution in [0.15, 0.2) is 54.6 Å². The van der Waals surface area contributed by atoms with E-state index in [9.17, 15) is 0 Å². The second-order valence-electron chi connectivity index (χ2n) is 6.12. The second kappa shape index (κ2) is 5.80. The first-order valence-electron chi connectivity index (χ1n) is 7.54. The smallest absolute Gasteiger partial charge is 0.00979 e. The van der Waals surface area contributed by atoms with Crippen LogP contribution in [-0.4, -0.2) is 25.5 Å². The van der Waals surface area contributed by atoms with Crippen molar-refractivity contribution >= 4 is 0 Å². The molecule has 20 heavy (non-hydrogen) atoms. The summed E-state index contributed by atoms with van der Waals surface area (Å²) in [5.41, 5.74) is 4.58. The van der Waals surface area contributed by atoms with Crippen molar-refractivity contribution in [1.82, 2.24) is 4.90 Å². The quantitative estimate of drug-likeness (QED) is 0.798. The van der Waals surface area contributed by atoms with Crippen molar-refractivity contribution in [3.8, 4) is 0 Å². The maximum atomic E-state index is 2.33. The molecule has 1 aliphatic carbocycles. The topological polar surface area (TPSA) is 3.24 Å². The zero-order valence-electron chi connectivity index (χ0n) is 12.4. The Morgan fingerprint density at radius 1 is 0.900 bits per heavy atom. The van der Waals surface area contributed by atoms with Crippen LogP contribution in [0.5, 0.6) is 0 Å². The first-order valence-corrected chi connectivity index (χ1v) is 7.54. The predicted octanol–water partition coefficient (Wildman–Crippen LogP) is 4.26. The molecule has 0 amide bonds. The number of hydrogen-bond acceptors (Lipinski definition) is 1. The van der Waals surface area contributed by atoms with E-state index in [1.54, 1.807) is 11.1 Å². The molecule has 1 heteroatoms. The molecule has 0 heterocycles. The van der Waals surface area contributed by atoms with Gasteiger partial charge in [-0.05, 0) is 56.1 Å². The van der Waals surface area contributed by atoms with Crippen LogP contribution < -0.4 is 0 Å². The fourth-order valence-corrected chi connectivity index (χ4v) is 3.43. The lowest BCUT2D eigenvalue weighted by molar-refractivity contribution is 0.378. The largest absolute Gasteiger partial charge is 0.309 e. The molecule has 2 atom stereocenters. The van der Waals surface area contributed by atoms with Gasteiger partial charge in [-0.1, -0.05) is 54.6 Å². The standard InChI is InChI=1S/C19H23N/c1-20(2)13-12-16-14-19(15-8-4-3-5-9-15)18-11-7-6-10-17(16)18/h3-11,16,19H,12-14H2,1-2H3/t16-,19-/m1/s1. The minimum absolute atomic E-state index is 0.583. The molecule has 3 rings (SSSR count). The van der Waals surface area contributed by atoms with Gasteiger partial charge in [0.15, 0.2) is 0 Å². The van der Waals surface area contributed by atoms with Gasteiger partial charge in [-0.2, -0.15) is 0 Å². The highest BCUT2D eigenvalue weighted by Gasteiger charge is 2.31. The first kappa shape index (κ1) is 13.4. The minimum Gasteiger partial charge on any atom is -0.309 e. The van der Waals surface area contributed by atoms with Gasteiger partial charge < -0.3 is 4.90 Å². The third-order valence-electron chi connectivity index (χ3n) is 4.46. The molecule has 0 bridgehead atoms. The van der Waals surface area contributed by atoms with Gasteiger partial charge >= 0.3 is 0 Å². The summed E-state index contributed by atoms with van der Waals surface area (Å²) in [7, 11) is 4.32. The van der Waals surface area contributed by atoms with Crippen molar-refractivity contribution in [2.45, 2.75) is 24.7 Å². The van der Waals surface area contributed by atoms with Gasteiger partial charge in [0.05, 0.1) is 0 Å². The van der Waals surface area contributed by atoms with E-state index in [1.807, 2.05) is 0 Å². The number of hydrogen-bond donors (Lipinski definition) is 0. The SMILES string of the molecule is CN(C)CC[C@@H]1C[C@H](c2ccccc2)c2ccccc21. The van der Waals surface area contributed by atoms with Crippen molar-refractivity contribution in [2.24, 2.45) is 0 Å². The third kappa shape index (κ3) is 2.64. The van der Waals surface area contributed by atoms with Gasteiger partial charge in [-0.15, -0.1) is 0 Å². The summed E-state index contributed by atoms with van der Waals surface area (Å²) in [5.74, 6) is 1.29. The molecule has 0 saturated heterocycles. The van der Waals surface area contributed by atoms with Crippen LogP contribution in [0.25, 0.3) is 0 Å². The third-order valence-corrected chi connectivity index (χ3v) is 4.46. The van der Waals surface area contributed by atoms with E-state index in [2.05, 4.69) is 73.6 Å². The molecule has 104 valence electrons. The summed E-state index contributed by atoms with van der Waals surface area (Å²) >= 11 is 0. The van der Waals surface area contributed by atoms with Crippen molar-refractivity contribution in [3.05, 3.63) is 71.3 Å². The molecule has 0 fully saturated rings. The zero-order valence-corrected chi connectivity index (χ0v) is 12.4. The van der Waals surface area contributed by atoms with E-state index in [4.69, 9.17) is 0 Å². The molecule has 0 radical (unpaired) electrons. The summed E-state index contributed by atoms with van der Waals surface area (Å²) in [6.45, 7) is 1.17. The molecule has 0 unspecified atom stereocenters. The summed E-state index contributed by atoms with van der Waals surface area (Å²) in [6.07, 6.45) is 2.52. The van der Waals surface area contributed by atoms with Crippen LogP contribution >= 0.6 is 0 Å². The number of benzene rings is 2. The van der Waals surface area contributed by atoms with E-state index in [0.29, 0.717) is 11.8 Å². The van der Waals surface area contributed by atoms with Crippen LogP contribution in [0, 0.1) is 0 Å². The highest BCUT2D eigenvalue weighted by Crippen LogP contribution is 2.46. The lowest BCUT2D eigenvalue weighted by Gasteiger charge is -2.15. The molecule has 2 aromatic rings. The lowest BCUT2D eigenvalue weighted by Crippen LogP contribution is -2.15. The molecule has 0 spiro atoms. The molecule has 0 aromatic heterocycles. The maximum absolute atomic E-state index is 2.33. The Morgan fingerprint density at radius 3 is 2.25 bits per heavy atom. The van der Waals surface area contributed by atoms with Crippen LogP contribution in [0.2, 0.25) is 0 Å². The Morgan fingerprint density at radius 2 is 1.55 bits per heavy atom. The van der Waals surface area contributed by atoms with Gasteiger partial charge in [0.1, 0.15) is 0 Å². The molecule has 1 nitrogen and oxygen atoms in total. The average molecular weight is 265 g/mol. The Bertz CT molecular complexity index is 559. The number of nitrogens with zero attached hydrogens (tertiary/aromatic N) is 1. The summed E-state index contributed by atoms with van der Waals surface area (Å²) in [6, 6.07) is 20.0. The average Bonchev–Trinajstić information content (AvgIpc) is 2.85. The van der Waals surface area contributed by atoms with Crippen molar-refractivity contribution in [3.63, 3.8) is 0 Å². The van der Waals surface area contributed by atoms with Crippen molar-refractivity contribution in [2.75, 3.05) is 20.6 Å². The number of rotatable bonds is 4. The van der Waals surface area contributed by atoms with Gasteiger partial charge in [-0.3, -0.25) is 0 Å². The van der Waals surface area contributed by atoms with Gasteiger partial charge in [-0.25, -0.2) is 0 Å². The molecule has 2 aromatic carbocycles. The Labute approximate surface area is 122 Å². The normalized spacial score (nSPS) is 21.1. The Kier molecular flexibility index (Phi) is 3.88. The van der Waals surface area contributed by atoms with E-state index >= 15 is 0 Å². The fourth-order valence-electron chi connectivity index (χ4n) is 3.43. The highest BCUT2D eigenvalue weighted by atomic mass is 15.0. The van der Waals surface area contributed by atoms with E-state index < -0.39 is 0 Å². The van der Waals surface area contributed by atoms with Crippen LogP contribution in [0.4, 0.5) is 0 Å². The van der Waals surface area contributed by atoms with Crippen LogP contribution in [0.1, 0.15) is 41.4 Å². The zero-order chi connectivity index (χ0) is 13.9. The monoisotopic (exact) mass is 265 g/mol. The van der Waals surface area contributed by atoms with Crippen LogP contribution in [-0.2, 0) is 0 Å². The minimum atomic E-state index is 0.583. The van der Waals surface area contributed by atoms with E-state index in [0.717, 1.165) is 0 Å². The second-order valence-corrected chi connectivity index (χ2v) is 6.12. The first-order chi connectivity index (χ1) is 9.75. The van der Waals surface area contributed by atoms with E-state index in [1.165, 1.54) is 24.9 Å². The highest BCUT2D eigenvalue weighted by molar-refractivity contribution is 5.44. The Hall–Kier alpha value is -1.60. The Balaban J connectivity index is 1.88. The molecule has 0 aliphatic heterocycles. The van der Waals surface area contributed by atoms with E-state index in [-0.39, 0.29) is 0 Å². The molecule has 0 N–H and O–H groups in total. The van der Waals surface area contributed by atoms with Crippen molar-refractivity contribution < 1.29 is 0 Å². The molecule has 0 saturated carbocycles. The summed E-state index contributed by atoms with van der Waals surface area (Å²) in [5, 5.41) is 0. The lowest BCUT2D eigenvalue weighted by atomic mass is 9.92.